The summed E-state index contributed by atoms with van der Waals surface area (Å²) in [7, 11) is 0. The maximum Gasteiger partial charge on any atom is 0.417 e. The maximum absolute atomic E-state index is 13.6. The second kappa shape index (κ2) is 10.9. The number of benzene rings is 3. The van der Waals surface area contributed by atoms with Gasteiger partial charge in [0.1, 0.15) is 5.60 Å². The van der Waals surface area contributed by atoms with Crippen LogP contribution in [0.5, 0.6) is 0 Å². The van der Waals surface area contributed by atoms with Gasteiger partial charge >= 0.3 is 12.1 Å². The number of aliphatic hydroxyl groups is 1. The molecule has 4 aromatic rings. The predicted molar refractivity (Wildman–Crippen MR) is 150 cm³/mol. The first-order chi connectivity index (χ1) is 19.5. The van der Waals surface area contributed by atoms with E-state index in [9.17, 15) is 28.2 Å². The summed E-state index contributed by atoms with van der Waals surface area (Å²) in [4.78, 5) is 11.5. The second-order valence-electron chi connectivity index (χ2n) is 10.1. The van der Waals surface area contributed by atoms with Gasteiger partial charge in [0.2, 0.25) is 0 Å². The second-order valence-corrected chi connectivity index (χ2v) is 10.1. The Balaban J connectivity index is 1.41. The van der Waals surface area contributed by atoms with Gasteiger partial charge in [-0.15, -0.1) is 0 Å². The van der Waals surface area contributed by atoms with Crippen molar-refractivity contribution in [2.75, 3.05) is 0 Å². The lowest BCUT2D eigenvalue weighted by Gasteiger charge is -2.27. The summed E-state index contributed by atoms with van der Waals surface area (Å²) in [5.41, 5.74) is 2.35. The van der Waals surface area contributed by atoms with E-state index in [2.05, 4.69) is 5.16 Å². The van der Waals surface area contributed by atoms with Gasteiger partial charge in [-0.2, -0.15) is 13.2 Å². The standard InChI is InChI=1S/C33H28F3NO4/c1-3-26(31(38)39)23-12-8-21(9-13-23)22-10-14-25(15-11-22)30-29(20(2)37-41-30)32(40)18-16-24(17-19-32)27-6-4-5-7-28(27)33(34,35)36/h4-18,26,40H,3,19H2,1-2H3,(H,38,39). The molecule has 3 aromatic carbocycles. The molecule has 0 aliphatic heterocycles. The molecule has 1 heterocycles. The summed E-state index contributed by atoms with van der Waals surface area (Å²) in [6.07, 6.45) is 0.643. The highest BCUT2D eigenvalue weighted by Crippen LogP contribution is 2.43. The largest absolute Gasteiger partial charge is 0.481 e. The van der Waals surface area contributed by atoms with Crippen molar-refractivity contribution in [1.82, 2.24) is 5.16 Å². The molecule has 1 aliphatic carbocycles. The molecule has 1 aliphatic rings. The number of alkyl halides is 3. The van der Waals surface area contributed by atoms with E-state index in [1.54, 1.807) is 19.1 Å². The van der Waals surface area contributed by atoms with Crippen LogP contribution in [0.4, 0.5) is 13.2 Å². The molecular weight excluding hydrogens is 531 g/mol. The van der Waals surface area contributed by atoms with Crippen molar-refractivity contribution in [2.24, 2.45) is 0 Å². The van der Waals surface area contributed by atoms with Crippen LogP contribution in [0.1, 0.15) is 53.6 Å². The number of aryl methyl sites for hydroxylation is 1. The number of rotatable bonds is 7. The number of nitrogens with zero attached hydrogens (tertiary/aromatic N) is 1. The molecule has 2 atom stereocenters. The van der Waals surface area contributed by atoms with E-state index < -0.39 is 29.2 Å². The highest BCUT2D eigenvalue weighted by atomic mass is 19.4. The Morgan fingerprint density at radius 2 is 1.61 bits per heavy atom. The summed E-state index contributed by atoms with van der Waals surface area (Å²) in [6, 6.07) is 20.3. The number of carboxylic acid groups (broad SMARTS) is 1. The van der Waals surface area contributed by atoms with Gasteiger partial charge < -0.3 is 14.7 Å². The number of aromatic nitrogens is 1. The Morgan fingerprint density at radius 3 is 2.17 bits per heavy atom. The van der Waals surface area contributed by atoms with Gasteiger partial charge in [-0.05, 0) is 53.3 Å². The third kappa shape index (κ3) is 5.47. The van der Waals surface area contributed by atoms with Gasteiger partial charge in [-0.25, -0.2) is 0 Å². The molecule has 0 bridgehead atoms. The lowest BCUT2D eigenvalue weighted by molar-refractivity contribution is -0.139. The Labute approximate surface area is 235 Å². The summed E-state index contributed by atoms with van der Waals surface area (Å²) in [6.45, 7) is 3.55. The quantitative estimate of drug-likeness (QED) is 0.239. The Morgan fingerprint density at radius 1 is 1.00 bits per heavy atom. The molecule has 41 heavy (non-hydrogen) atoms. The van der Waals surface area contributed by atoms with Crippen LogP contribution in [-0.4, -0.2) is 21.3 Å². The first kappa shape index (κ1) is 28.1. The van der Waals surface area contributed by atoms with E-state index in [0.717, 1.165) is 22.8 Å². The molecule has 1 aromatic heterocycles. The third-order valence-electron chi connectivity index (χ3n) is 7.51. The minimum Gasteiger partial charge on any atom is -0.481 e. The molecule has 210 valence electrons. The number of hydrogen-bond donors (Lipinski definition) is 2. The minimum atomic E-state index is -4.50. The fourth-order valence-corrected chi connectivity index (χ4v) is 5.35. The number of carboxylic acids is 1. The lowest BCUT2D eigenvalue weighted by Crippen LogP contribution is -2.25. The van der Waals surface area contributed by atoms with Crippen molar-refractivity contribution >= 4 is 11.5 Å². The van der Waals surface area contributed by atoms with E-state index in [1.807, 2.05) is 55.5 Å². The summed E-state index contributed by atoms with van der Waals surface area (Å²) in [5.74, 6) is -1.03. The number of carbonyl (C=O) groups is 1. The first-order valence-electron chi connectivity index (χ1n) is 13.2. The number of aliphatic carboxylic acids is 1. The van der Waals surface area contributed by atoms with Crippen LogP contribution < -0.4 is 0 Å². The summed E-state index contributed by atoms with van der Waals surface area (Å²) in [5, 5.41) is 25.1. The van der Waals surface area contributed by atoms with Crippen LogP contribution in [0.25, 0.3) is 28.0 Å². The third-order valence-corrected chi connectivity index (χ3v) is 7.51. The van der Waals surface area contributed by atoms with Gasteiger partial charge in [-0.1, -0.05) is 91.0 Å². The molecule has 0 saturated carbocycles. The average Bonchev–Trinajstić information content (AvgIpc) is 3.36. The number of hydrogen-bond acceptors (Lipinski definition) is 4. The zero-order chi connectivity index (χ0) is 29.4. The van der Waals surface area contributed by atoms with Crippen LogP contribution >= 0.6 is 0 Å². The van der Waals surface area contributed by atoms with E-state index in [-0.39, 0.29) is 12.0 Å². The zero-order valence-corrected chi connectivity index (χ0v) is 22.4. The van der Waals surface area contributed by atoms with Gasteiger partial charge in [-0.3, -0.25) is 4.79 Å². The molecule has 5 rings (SSSR count). The van der Waals surface area contributed by atoms with E-state index in [1.165, 1.54) is 24.3 Å². The molecular formula is C33H28F3NO4. The van der Waals surface area contributed by atoms with Crippen molar-refractivity contribution in [3.05, 3.63) is 119 Å². The van der Waals surface area contributed by atoms with E-state index in [4.69, 9.17) is 4.52 Å². The highest BCUT2D eigenvalue weighted by Gasteiger charge is 2.37. The Kier molecular flexibility index (Phi) is 7.44. The van der Waals surface area contributed by atoms with Crippen molar-refractivity contribution in [3.8, 4) is 22.5 Å². The molecule has 0 radical (unpaired) electrons. The smallest absolute Gasteiger partial charge is 0.417 e. The fraction of sp³-hybridized carbons (Fsp3) is 0.212. The van der Waals surface area contributed by atoms with Gasteiger partial charge in [0.25, 0.3) is 0 Å². The zero-order valence-electron chi connectivity index (χ0n) is 22.4. The van der Waals surface area contributed by atoms with Crippen molar-refractivity contribution in [3.63, 3.8) is 0 Å². The Hall–Kier alpha value is -4.43. The number of allylic oxidation sites excluding steroid dienone is 2. The van der Waals surface area contributed by atoms with Crippen molar-refractivity contribution < 1.29 is 32.7 Å². The molecule has 2 unspecified atom stereocenters. The van der Waals surface area contributed by atoms with Crippen LogP contribution in [0.3, 0.4) is 0 Å². The molecule has 2 N–H and O–H groups in total. The Bertz CT molecular complexity index is 1630. The van der Waals surface area contributed by atoms with Crippen molar-refractivity contribution in [2.45, 2.75) is 44.4 Å². The summed E-state index contributed by atoms with van der Waals surface area (Å²) < 4.78 is 46.3. The first-order valence-corrected chi connectivity index (χ1v) is 13.2. The molecule has 0 amide bonds. The number of halogens is 3. The lowest BCUT2D eigenvalue weighted by atomic mass is 9.81. The van der Waals surface area contributed by atoms with E-state index in [0.29, 0.717) is 34.6 Å². The SMILES string of the molecule is CCC(C(=O)O)c1ccc(-c2ccc(-c3onc(C)c3C3(O)C=CC(c4ccccc4C(F)(F)F)=CC3)cc2)cc1. The molecule has 0 spiro atoms. The highest BCUT2D eigenvalue weighted by molar-refractivity contribution is 5.79. The van der Waals surface area contributed by atoms with E-state index >= 15 is 0 Å². The van der Waals surface area contributed by atoms with Crippen LogP contribution in [0.2, 0.25) is 0 Å². The fourth-order valence-electron chi connectivity index (χ4n) is 5.35. The molecule has 0 saturated heterocycles. The average molecular weight is 560 g/mol. The van der Waals surface area contributed by atoms with Crippen molar-refractivity contribution in [1.29, 1.82) is 0 Å². The molecule has 8 heteroatoms. The summed E-state index contributed by atoms with van der Waals surface area (Å²) >= 11 is 0. The maximum atomic E-state index is 13.6. The van der Waals surface area contributed by atoms with Crippen LogP contribution in [-0.2, 0) is 16.6 Å². The van der Waals surface area contributed by atoms with Crippen LogP contribution in [0.15, 0.2) is 95.5 Å². The predicted octanol–water partition coefficient (Wildman–Crippen LogP) is 8.15. The van der Waals surface area contributed by atoms with Gasteiger partial charge in [0.05, 0.1) is 22.7 Å². The monoisotopic (exact) mass is 559 g/mol. The van der Waals surface area contributed by atoms with Gasteiger partial charge in [0, 0.05) is 12.0 Å². The normalized spacial score (nSPS) is 17.8. The van der Waals surface area contributed by atoms with Gasteiger partial charge in [0.15, 0.2) is 5.76 Å². The molecule has 5 nitrogen and oxygen atoms in total. The molecule has 0 fully saturated rings. The topological polar surface area (TPSA) is 83.6 Å². The minimum absolute atomic E-state index is 0.0413. The van der Waals surface area contributed by atoms with Crippen LogP contribution in [0, 0.1) is 6.92 Å².